The number of carbonyl (C=O) groups is 1. The molecule has 2 aromatic carbocycles. The van der Waals surface area contributed by atoms with Gasteiger partial charge in [0.2, 0.25) is 5.91 Å². The molecule has 1 aromatic heterocycles. The van der Waals surface area contributed by atoms with Gasteiger partial charge in [-0.2, -0.15) is 4.98 Å². The van der Waals surface area contributed by atoms with Crippen LogP contribution in [0.4, 0.5) is 10.2 Å². The first kappa shape index (κ1) is 19.7. The number of benzene rings is 2. The minimum atomic E-state index is -0.668. The number of carbonyl (C=O) groups excluding carboxylic acids is 1. The van der Waals surface area contributed by atoms with Crippen molar-refractivity contribution in [2.75, 3.05) is 5.32 Å². The van der Waals surface area contributed by atoms with Crippen LogP contribution >= 0.6 is 23.4 Å². The van der Waals surface area contributed by atoms with Gasteiger partial charge < -0.3 is 9.88 Å². The number of amides is 1. The summed E-state index contributed by atoms with van der Waals surface area (Å²) in [6.45, 7) is 0. The van der Waals surface area contributed by atoms with Crippen LogP contribution in [0.2, 0.25) is 5.02 Å². The lowest BCUT2D eigenvalue weighted by molar-refractivity contribution is -0.116. The van der Waals surface area contributed by atoms with Crippen molar-refractivity contribution >= 4 is 35.1 Å². The smallest absolute Gasteiger partial charge is 0.279 e. The number of nitrogens with one attached hydrogen (secondary N) is 1. The van der Waals surface area contributed by atoms with Crippen molar-refractivity contribution in [3.05, 3.63) is 86.4 Å². The fourth-order valence-corrected chi connectivity index (χ4v) is 4.58. The summed E-state index contributed by atoms with van der Waals surface area (Å²) in [6, 6.07) is 13.6. The topological polar surface area (TPSA) is 64.0 Å². The van der Waals surface area contributed by atoms with Gasteiger partial charge in [0.15, 0.2) is 5.16 Å². The zero-order valence-corrected chi connectivity index (χ0v) is 17.1. The van der Waals surface area contributed by atoms with E-state index in [2.05, 4.69) is 10.3 Å². The number of nitrogens with zero attached hydrogens (tertiary/aromatic N) is 2. The number of halogens is 2. The maximum atomic E-state index is 14.4. The van der Waals surface area contributed by atoms with Gasteiger partial charge in [-0.05, 0) is 29.3 Å². The van der Waals surface area contributed by atoms with E-state index in [1.165, 1.54) is 17.8 Å². The molecule has 0 radical (unpaired) electrons. The SMILES string of the molecule is Cn1c(SCc2cccc(Cl)c2)nc(=O)c2c1NC(=O)CC2c1ccccc1F. The number of thioether (sulfide) groups is 1. The highest BCUT2D eigenvalue weighted by molar-refractivity contribution is 7.98. The largest absolute Gasteiger partial charge is 0.312 e. The molecule has 1 unspecified atom stereocenters. The van der Waals surface area contributed by atoms with E-state index in [1.807, 2.05) is 18.2 Å². The molecule has 0 aliphatic carbocycles. The van der Waals surface area contributed by atoms with Gasteiger partial charge in [-0.1, -0.05) is 53.7 Å². The van der Waals surface area contributed by atoms with E-state index in [-0.39, 0.29) is 12.3 Å². The number of rotatable bonds is 4. The van der Waals surface area contributed by atoms with E-state index in [9.17, 15) is 14.0 Å². The molecule has 1 aliphatic heterocycles. The van der Waals surface area contributed by atoms with Crippen LogP contribution in [0.1, 0.15) is 29.0 Å². The predicted octanol–water partition coefficient (Wildman–Crippen LogP) is 4.34. The van der Waals surface area contributed by atoms with Crippen LogP contribution in [-0.2, 0) is 17.6 Å². The van der Waals surface area contributed by atoms with Gasteiger partial charge in [-0.15, -0.1) is 0 Å². The van der Waals surface area contributed by atoms with Crippen LogP contribution in [0, 0.1) is 5.82 Å². The summed E-state index contributed by atoms with van der Waals surface area (Å²) < 4.78 is 16.0. The predicted molar refractivity (Wildman–Crippen MR) is 112 cm³/mol. The van der Waals surface area contributed by atoms with E-state index in [4.69, 9.17) is 11.6 Å². The van der Waals surface area contributed by atoms with Gasteiger partial charge >= 0.3 is 0 Å². The fraction of sp³-hybridized carbons (Fsp3) is 0.190. The second-order valence-electron chi connectivity index (χ2n) is 6.77. The Labute approximate surface area is 175 Å². The van der Waals surface area contributed by atoms with Crippen molar-refractivity contribution in [1.82, 2.24) is 9.55 Å². The number of hydrogen-bond donors (Lipinski definition) is 1. The third kappa shape index (κ3) is 3.93. The van der Waals surface area contributed by atoms with Crippen LogP contribution in [0.5, 0.6) is 0 Å². The molecule has 1 aliphatic rings. The van der Waals surface area contributed by atoms with Crippen LogP contribution < -0.4 is 10.9 Å². The third-order valence-electron chi connectivity index (χ3n) is 4.84. The Hall–Kier alpha value is -2.64. The van der Waals surface area contributed by atoms with Crippen molar-refractivity contribution in [3.8, 4) is 0 Å². The maximum absolute atomic E-state index is 14.4. The second kappa shape index (κ2) is 8.00. The Morgan fingerprint density at radius 2 is 2.03 bits per heavy atom. The van der Waals surface area contributed by atoms with Crippen LogP contribution in [0.15, 0.2) is 58.5 Å². The van der Waals surface area contributed by atoms with Gasteiger partial charge in [0.05, 0.1) is 5.56 Å². The Morgan fingerprint density at radius 3 is 2.79 bits per heavy atom. The molecule has 0 fully saturated rings. The van der Waals surface area contributed by atoms with E-state index in [0.717, 1.165) is 5.56 Å². The highest BCUT2D eigenvalue weighted by Crippen LogP contribution is 2.37. The first-order valence-electron chi connectivity index (χ1n) is 8.96. The van der Waals surface area contributed by atoms with E-state index in [1.54, 1.807) is 35.9 Å². The first-order valence-corrected chi connectivity index (χ1v) is 10.3. The maximum Gasteiger partial charge on any atom is 0.279 e. The molecule has 1 N–H and O–H groups in total. The summed E-state index contributed by atoms with van der Waals surface area (Å²) >= 11 is 7.39. The molecule has 2 heterocycles. The minimum Gasteiger partial charge on any atom is -0.312 e. The summed E-state index contributed by atoms with van der Waals surface area (Å²) in [5, 5.41) is 3.86. The number of hydrogen-bond acceptors (Lipinski definition) is 4. The lowest BCUT2D eigenvalue weighted by Crippen LogP contribution is -2.33. The molecular formula is C21H17ClFN3O2S. The number of fused-ring (bicyclic) bond motifs is 1. The highest BCUT2D eigenvalue weighted by atomic mass is 35.5. The van der Waals surface area contributed by atoms with E-state index >= 15 is 0 Å². The van der Waals surface area contributed by atoms with Gasteiger partial charge in [0, 0.05) is 30.2 Å². The summed E-state index contributed by atoms with van der Waals surface area (Å²) in [5.41, 5.74) is 1.16. The molecule has 4 rings (SSSR count). The molecule has 0 bridgehead atoms. The quantitative estimate of drug-likeness (QED) is 0.495. The van der Waals surface area contributed by atoms with Crippen LogP contribution in [0.3, 0.4) is 0 Å². The van der Waals surface area contributed by atoms with E-state index < -0.39 is 17.3 Å². The molecule has 1 amide bonds. The van der Waals surface area contributed by atoms with Crippen LogP contribution in [0.25, 0.3) is 0 Å². The molecule has 0 saturated heterocycles. The number of anilines is 1. The Morgan fingerprint density at radius 1 is 1.24 bits per heavy atom. The van der Waals surface area contributed by atoms with Gasteiger partial charge in [0.25, 0.3) is 5.56 Å². The first-order chi connectivity index (χ1) is 13.9. The summed E-state index contributed by atoms with van der Waals surface area (Å²) in [5.74, 6) is -0.455. The zero-order chi connectivity index (χ0) is 20.5. The lowest BCUT2D eigenvalue weighted by Gasteiger charge is -2.27. The monoisotopic (exact) mass is 429 g/mol. The van der Waals surface area contributed by atoms with Gasteiger partial charge in [-0.3, -0.25) is 9.59 Å². The highest BCUT2D eigenvalue weighted by Gasteiger charge is 2.33. The summed E-state index contributed by atoms with van der Waals surface area (Å²) in [6.07, 6.45) is -0.000142. The standard InChI is InChI=1S/C21H17ClFN3O2S/c1-26-19-18(15(10-17(27)24-19)14-7-2-3-8-16(14)23)20(28)25-21(26)29-11-12-5-4-6-13(22)9-12/h2-9,15H,10-11H2,1H3,(H,24,27). The zero-order valence-electron chi connectivity index (χ0n) is 15.5. The van der Waals surface area contributed by atoms with Crippen molar-refractivity contribution in [3.63, 3.8) is 0 Å². The molecule has 0 spiro atoms. The average Bonchev–Trinajstić information content (AvgIpc) is 2.69. The molecule has 0 saturated carbocycles. The Bertz CT molecular complexity index is 1160. The Kier molecular flexibility index (Phi) is 5.43. The minimum absolute atomic E-state index is 0.000142. The molecule has 8 heteroatoms. The molecular weight excluding hydrogens is 413 g/mol. The normalized spacial score (nSPS) is 15.7. The third-order valence-corrected chi connectivity index (χ3v) is 6.17. The number of aromatic nitrogens is 2. The molecule has 3 aromatic rings. The van der Waals surface area contributed by atoms with E-state index in [0.29, 0.717) is 32.9 Å². The van der Waals surface area contributed by atoms with Gasteiger partial charge in [0.1, 0.15) is 11.6 Å². The van der Waals surface area contributed by atoms with Crippen molar-refractivity contribution in [1.29, 1.82) is 0 Å². The fourth-order valence-electron chi connectivity index (χ4n) is 3.46. The van der Waals surface area contributed by atoms with Crippen molar-refractivity contribution in [2.24, 2.45) is 7.05 Å². The summed E-state index contributed by atoms with van der Waals surface area (Å²) in [7, 11) is 1.73. The lowest BCUT2D eigenvalue weighted by atomic mass is 9.86. The molecule has 148 valence electrons. The average molecular weight is 430 g/mol. The van der Waals surface area contributed by atoms with Crippen LogP contribution in [-0.4, -0.2) is 15.5 Å². The van der Waals surface area contributed by atoms with Crippen molar-refractivity contribution < 1.29 is 9.18 Å². The van der Waals surface area contributed by atoms with Gasteiger partial charge in [-0.25, -0.2) is 4.39 Å². The molecule has 1 atom stereocenters. The summed E-state index contributed by atoms with van der Waals surface area (Å²) in [4.78, 5) is 29.4. The molecule has 5 nitrogen and oxygen atoms in total. The Balaban J connectivity index is 1.73. The van der Waals surface area contributed by atoms with Crippen molar-refractivity contribution in [2.45, 2.75) is 23.2 Å². The second-order valence-corrected chi connectivity index (χ2v) is 8.14. The molecule has 29 heavy (non-hydrogen) atoms.